The zero-order valence-corrected chi connectivity index (χ0v) is 15.0. The second-order valence-electron chi connectivity index (χ2n) is 6.34. The van der Waals surface area contributed by atoms with Crippen LogP contribution < -0.4 is 10.0 Å². The smallest absolute Gasteiger partial charge is 0.240 e. The molecule has 0 spiro atoms. The molecule has 2 aromatic carbocycles. The Bertz CT molecular complexity index is 831. The summed E-state index contributed by atoms with van der Waals surface area (Å²) >= 11 is 0. The number of benzene rings is 2. The van der Waals surface area contributed by atoms with Gasteiger partial charge in [-0.05, 0) is 67.6 Å². The molecule has 2 N–H and O–H groups in total. The Morgan fingerprint density at radius 1 is 1.08 bits per heavy atom. The normalized spacial score (nSPS) is 15.2. The van der Waals surface area contributed by atoms with Gasteiger partial charge in [0.25, 0.3) is 0 Å². The molecule has 5 heteroatoms. The van der Waals surface area contributed by atoms with Crippen LogP contribution in [0.5, 0.6) is 0 Å². The molecule has 0 amide bonds. The number of hydrogen-bond donors (Lipinski definition) is 2. The summed E-state index contributed by atoms with van der Waals surface area (Å²) in [5, 5.41) is 3.49. The molecule has 0 saturated carbocycles. The van der Waals surface area contributed by atoms with Gasteiger partial charge in [0.15, 0.2) is 0 Å². The highest BCUT2D eigenvalue weighted by Gasteiger charge is 2.14. The Labute approximate surface area is 144 Å². The van der Waals surface area contributed by atoms with E-state index in [2.05, 4.69) is 35.2 Å². The van der Waals surface area contributed by atoms with Crippen LogP contribution in [0.2, 0.25) is 0 Å². The van der Waals surface area contributed by atoms with E-state index in [1.165, 1.54) is 43.0 Å². The van der Waals surface area contributed by atoms with E-state index in [0.717, 1.165) is 5.56 Å². The van der Waals surface area contributed by atoms with Crippen molar-refractivity contribution in [1.82, 2.24) is 10.0 Å². The monoisotopic (exact) mass is 344 g/mol. The van der Waals surface area contributed by atoms with Gasteiger partial charge in [-0.1, -0.05) is 30.3 Å². The third kappa shape index (κ3) is 3.69. The molecule has 4 nitrogen and oxygen atoms in total. The van der Waals surface area contributed by atoms with Gasteiger partial charge < -0.3 is 5.32 Å². The number of fused-ring (bicyclic) bond motifs is 1. The first kappa shape index (κ1) is 17.1. The van der Waals surface area contributed by atoms with Gasteiger partial charge in [-0.15, -0.1) is 0 Å². The van der Waals surface area contributed by atoms with Gasteiger partial charge in [0, 0.05) is 12.6 Å². The lowest BCUT2D eigenvalue weighted by atomic mass is 10.0. The summed E-state index contributed by atoms with van der Waals surface area (Å²) in [7, 11) is -1.97. The standard InChI is InChI=1S/C19H24N2O2S/c1-14(17-10-9-16-6-4-7-18(16)12-17)21-13-15-5-3-8-19(11-15)24(22,23)20-2/h3,5,8-12,14,20-21H,4,6-7,13H2,1-2H3. The first-order valence-electron chi connectivity index (χ1n) is 8.37. The highest BCUT2D eigenvalue weighted by Crippen LogP contribution is 2.25. The average Bonchev–Trinajstić information content (AvgIpc) is 3.07. The van der Waals surface area contributed by atoms with E-state index in [9.17, 15) is 8.42 Å². The molecule has 0 heterocycles. The van der Waals surface area contributed by atoms with Crippen molar-refractivity contribution in [1.29, 1.82) is 0 Å². The number of nitrogens with one attached hydrogen (secondary N) is 2. The summed E-state index contributed by atoms with van der Waals surface area (Å²) in [6, 6.07) is 14.0. The van der Waals surface area contributed by atoms with Gasteiger partial charge in [-0.25, -0.2) is 13.1 Å². The lowest BCUT2D eigenvalue weighted by Crippen LogP contribution is -2.20. The topological polar surface area (TPSA) is 58.2 Å². The van der Waals surface area contributed by atoms with Gasteiger partial charge >= 0.3 is 0 Å². The van der Waals surface area contributed by atoms with E-state index >= 15 is 0 Å². The summed E-state index contributed by atoms with van der Waals surface area (Å²) in [6.45, 7) is 2.77. The van der Waals surface area contributed by atoms with Gasteiger partial charge in [0.2, 0.25) is 10.0 Å². The maximum Gasteiger partial charge on any atom is 0.240 e. The fourth-order valence-corrected chi connectivity index (χ4v) is 3.99. The Hall–Kier alpha value is -1.69. The minimum Gasteiger partial charge on any atom is -0.306 e. The predicted molar refractivity (Wildman–Crippen MR) is 96.4 cm³/mol. The minimum absolute atomic E-state index is 0.223. The van der Waals surface area contributed by atoms with E-state index < -0.39 is 10.0 Å². The van der Waals surface area contributed by atoms with Gasteiger partial charge in [-0.2, -0.15) is 0 Å². The second-order valence-corrected chi connectivity index (χ2v) is 8.23. The molecule has 0 aliphatic heterocycles. The van der Waals surface area contributed by atoms with Crippen LogP contribution in [0, 0.1) is 0 Å². The maximum absolute atomic E-state index is 11.9. The van der Waals surface area contributed by atoms with Crippen molar-refractivity contribution in [3.05, 3.63) is 64.7 Å². The van der Waals surface area contributed by atoms with Gasteiger partial charge in [0.1, 0.15) is 0 Å². The third-order valence-corrected chi connectivity index (χ3v) is 6.12. The Morgan fingerprint density at radius 2 is 1.88 bits per heavy atom. The SMILES string of the molecule is CNS(=O)(=O)c1cccc(CNC(C)c2ccc3c(c2)CCC3)c1. The van der Waals surface area contributed by atoms with Gasteiger partial charge in [-0.3, -0.25) is 0 Å². The predicted octanol–water partition coefficient (Wildman–Crippen LogP) is 2.93. The zero-order valence-electron chi connectivity index (χ0n) is 14.2. The summed E-state index contributed by atoms with van der Waals surface area (Å²) in [6.07, 6.45) is 3.64. The lowest BCUT2D eigenvalue weighted by molar-refractivity contribution is 0.572. The Balaban J connectivity index is 1.68. The number of hydrogen-bond acceptors (Lipinski definition) is 3. The molecule has 24 heavy (non-hydrogen) atoms. The molecule has 128 valence electrons. The van der Waals surface area contributed by atoms with Gasteiger partial charge in [0.05, 0.1) is 4.90 Å². The third-order valence-electron chi connectivity index (χ3n) is 4.71. The van der Waals surface area contributed by atoms with E-state index in [1.54, 1.807) is 18.2 Å². The van der Waals surface area contributed by atoms with E-state index in [-0.39, 0.29) is 6.04 Å². The van der Waals surface area contributed by atoms with Crippen LogP contribution in [0.25, 0.3) is 0 Å². The van der Waals surface area contributed by atoms with Crippen molar-refractivity contribution >= 4 is 10.0 Å². The van der Waals surface area contributed by atoms with E-state index in [1.807, 2.05) is 6.07 Å². The highest BCUT2D eigenvalue weighted by molar-refractivity contribution is 7.89. The lowest BCUT2D eigenvalue weighted by Gasteiger charge is -2.16. The number of rotatable bonds is 6. The van der Waals surface area contributed by atoms with Crippen LogP contribution in [-0.2, 0) is 29.4 Å². The van der Waals surface area contributed by atoms with Crippen LogP contribution in [0.3, 0.4) is 0 Å². The highest BCUT2D eigenvalue weighted by atomic mass is 32.2. The van der Waals surface area contributed by atoms with Crippen molar-refractivity contribution < 1.29 is 8.42 Å². The molecular weight excluding hydrogens is 320 g/mol. The molecule has 1 atom stereocenters. The largest absolute Gasteiger partial charge is 0.306 e. The molecule has 2 aromatic rings. The molecule has 1 aliphatic carbocycles. The molecule has 0 fully saturated rings. The molecule has 0 aromatic heterocycles. The number of aryl methyl sites for hydroxylation is 2. The quantitative estimate of drug-likeness (QED) is 0.847. The molecule has 0 radical (unpaired) electrons. The fraction of sp³-hybridized carbons (Fsp3) is 0.368. The second kappa shape index (κ2) is 7.05. The van der Waals surface area contributed by atoms with E-state index in [0.29, 0.717) is 11.4 Å². The van der Waals surface area contributed by atoms with Crippen LogP contribution in [0.4, 0.5) is 0 Å². The summed E-state index contributed by atoms with van der Waals surface area (Å²) < 4.78 is 26.1. The molecule has 0 bridgehead atoms. The molecule has 0 saturated heterocycles. The molecular formula is C19H24N2O2S. The van der Waals surface area contributed by atoms with E-state index in [4.69, 9.17) is 0 Å². The van der Waals surface area contributed by atoms with Crippen molar-refractivity contribution in [2.45, 2.75) is 43.7 Å². The first-order valence-corrected chi connectivity index (χ1v) is 9.85. The van der Waals surface area contributed by atoms with Crippen molar-refractivity contribution in [2.75, 3.05) is 7.05 Å². The van der Waals surface area contributed by atoms with Crippen LogP contribution >= 0.6 is 0 Å². The maximum atomic E-state index is 11.9. The van der Waals surface area contributed by atoms with Crippen LogP contribution in [0.15, 0.2) is 47.4 Å². The zero-order chi connectivity index (χ0) is 17.2. The minimum atomic E-state index is -3.40. The van der Waals surface area contributed by atoms with Crippen molar-refractivity contribution in [3.8, 4) is 0 Å². The average molecular weight is 344 g/mol. The van der Waals surface area contributed by atoms with Crippen molar-refractivity contribution in [3.63, 3.8) is 0 Å². The number of sulfonamides is 1. The Morgan fingerprint density at radius 3 is 2.67 bits per heavy atom. The summed E-state index contributed by atoms with van der Waals surface area (Å²) in [4.78, 5) is 0.300. The molecule has 1 aliphatic rings. The molecule has 3 rings (SSSR count). The molecule has 1 unspecified atom stereocenters. The fourth-order valence-electron chi connectivity index (χ4n) is 3.19. The van der Waals surface area contributed by atoms with Crippen LogP contribution in [0.1, 0.15) is 41.6 Å². The Kier molecular flexibility index (Phi) is 5.04. The summed E-state index contributed by atoms with van der Waals surface area (Å²) in [5.74, 6) is 0. The van der Waals surface area contributed by atoms with Crippen LogP contribution in [-0.4, -0.2) is 15.5 Å². The first-order chi connectivity index (χ1) is 11.5. The summed E-state index contributed by atoms with van der Waals surface area (Å²) in [5.41, 5.74) is 5.20. The van der Waals surface area contributed by atoms with Crippen molar-refractivity contribution in [2.24, 2.45) is 0 Å².